The van der Waals surface area contributed by atoms with Gasteiger partial charge in [-0.3, -0.25) is 4.79 Å². The molecule has 0 radical (unpaired) electrons. The zero-order chi connectivity index (χ0) is 14.5. The molecule has 0 saturated heterocycles. The van der Waals surface area contributed by atoms with Gasteiger partial charge >= 0.3 is 0 Å². The normalized spacial score (nSPS) is 11.4. The number of carbonyl (C=O) groups is 1. The van der Waals surface area contributed by atoms with Crippen molar-refractivity contribution in [2.75, 3.05) is 12.8 Å². The zero-order valence-electron chi connectivity index (χ0n) is 12.1. The molecule has 3 nitrogen and oxygen atoms in total. The maximum atomic E-state index is 12.2. The van der Waals surface area contributed by atoms with Crippen LogP contribution in [0, 0.1) is 6.92 Å². The van der Waals surface area contributed by atoms with E-state index >= 15 is 0 Å². The maximum Gasteiger partial charge on any atom is 0.251 e. The molecule has 0 unspecified atom stereocenters. The van der Waals surface area contributed by atoms with E-state index in [1.165, 1.54) is 0 Å². The van der Waals surface area contributed by atoms with Gasteiger partial charge in [-0.15, -0.1) is 11.8 Å². The topological polar surface area (TPSA) is 49.3 Å². The number of nitrogens with one attached hydrogen (secondary N) is 1. The van der Waals surface area contributed by atoms with E-state index in [1.54, 1.807) is 11.8 Å². The Bertz CT molecular complexity index is 442. The summed E-state index contributed by atoms with van der Waals surface area (Å²) >= 11 is 1.61. The van der Waals surface area contributed by atoms with Crippen LogP contribution in [0.4, 0.5) is 0 Å². The summed E-state index contributed by atoms with van der Waals surface area (Å²) in [6.45, 7) is 6.07. The van der Waals surface area contributed by atoms with E-state index in [0.717, 1.165) is 10.5 Å². The van der Waals surface area contributed by atoms with Gasteiger partial charge in [0, 0.05) is 17.0 Å². The number of hydrogen-bond donors (Lipinski definition) is 2. The summed E-state index contributed by atoms with van der Waals surface area (Å²) in [5.74, 6) is -0.117. The first-order valence-electron chi connectivity index (χ1n) is 6.61. The van der Waals surface area contributed by atoms with Gasteiger partial charge in [0.2, 0.25) is 0 Å². The number of aryl methyl sites for hydroxylation is 1. The van der Waals surface area contributed by atoms with Crippen LogP contribution >= 0.6 is 11.8 Å². The van der Waals surface area contributed by atoms with Crippen molar-refractivity contribution in [2.45, 2.75) is 44.1 Å². The molecule has 0 saturated carbocycles. The van der Waals surface area contributed by atoms with Gasteiger partial charge in [-0.2, -0.15) is 0 Å². The Morgan fingerprint density at radius 1 is 1.37 bits per heavy atom. The smallest absolute Gasteiger partial charge is 0.251 e. The second-order valence-corrected chi connectivity index (χ2v) is 5.67. The van der Waals surface area contributed by atoms with Crippen molar-refractivity contribution in [1.29, 1.82) is 0 Å². The first-order chi connectivity index (χ1) is 8.95. The average molecular weight is 281 g/mol. The summed E-state index contributed by atoms with van der Waals surface area (Å²) in [5, 5.41) is 13.0. The molecule has 0 heterocycles. The monoisotopic (exact) mass is 281 g/mol. The molecule has 0 aliphatic heterocycles. The summed E-state index contributed by atoms with van der Waals surface area (Å²) in [4.78, 5) is 13.2. The quantitative estimate of drug-likeness (QED) is 0.788. The van der Waals surface area contributed by atoms with Crippen LogP contribution in [0.2, 0.25) is 0 Å². The van der Waals surface area contributed by atoms with Gasteiger partial charge in [-0.25, -0.2) is 0 Å². The highest BCUT2D eigenvalue weighted by Gasteiger charge is 2.23. The van der Waals surface area contributed by atoms with Gasteiger partial charge in [-0.1, -0.05) is 19.9 Å². The molecule has 0 fully saturated rings. The Labute approximate surface area is 119 Å². The second-order valence-electron chi connectivity index (χ2n) is 4.79. The molecule has 1 amide bonds. The van der Waals surface area contributed by atoms with E-state index in [1.807, 2.05) is 45.2 Å². The molecular formula is C15H23NO2S. The highest BCUT2D eigenvalue weighted by molar-refractivity contribution is 7.98. The van der Waals surface area contributed by atoms with Crippen LogP contribution in [-0.2, 0) is 0 Å². The minimum absolute atomic E-state index is 0.117. The lowest BCUT2D eigenvalue weighted by Gasteiger charge is -2.25. The Balaban J connectivity index is 2.78. The van der Waals surface area contributed by atoms with Crippen molar-refractivity contribution in [2.24, 2.45) is 0 Å². The second kappa shape index (κ2) is 6.96. The number of benzene rings is 1. The molecule has 2 N–H and O–H groups in total. The summed E-state index contributed by atoms with van der Waals surface area (Å²) in [5.41, 5.74) is 0.828. The lowest BCUT2D eigenvalue weighted by Crippen LogP contribution is -2.42. The Kier molecular flexibility index (Phi) is 5.88. The molecule has 4 heteroatoms. The van der Waals surface area contributed by atoms with Crippen molar-refractivity contribution in [3.8, 4) is 0 Å². The minimum atomic E-state index is -0.805. The van der Waals surface area contributed by atoms with Crippen molar-refractivity contribution in [3.63, 3.8) is 0 Å². The van der Waals surface area contributed by atoms with Crippen molar-refractivity contribution in [1.82, 2.24) is 5.32 Å². The third-order valence-corrected chi connectivity index (χ3v) is 4.31. The highest BCUT2D eigenvalue weighted by atomic mass is 32.2. The lowest BCUT2D eigenvalue weighted by molar-refractivity contribution is 0.0314. The van der Waals surface area contributed by atoms with Crippen LogP contribution < -0.4 is 5.32 Å². The highest BCUT2D eigenvalue weighted by Crippen LogP contribution is 2.19. The molecule has 0 aliphatic carbocycles. The SMILES string of the molecule is CCC(O)(CC)CNC(=O)c1cc(SC)ccc1C. The Hall–Kier alpha value is -1.00. The van der Waals surface area contributed by atoms with Gasteiger partial charge in [0.1, 0.15) is 0 Å². The minimum Gasteiger partial charge on any atom is -0.388 e. The standard InChI is InChI=1S/C15H23NO2S/c1-5-15(18,6-2)10-16-14(17)13-9-12(19-4)8-7-11(13)3/h7-9,18H,5-6,10H2,1-4H3,(H,16,17). The first-order valence-corrected chi connectivity index (χ1v) is 7.83. The van der Waals surface area contributed by atoms with E-state index < -0.39 is 5.60 Å². The molecule has 106 valence electrons. The summed E-state index contributed by atoms with van der Waals surface area (Å²) in [6, 6.07) is 5.85. The van der Waals surface area contributed by atoms with Crippen molar-refractivity contribution >= 4 is 17.7 Å². The number of amides is 1. The third kappa shape index (κ3) is 4.25. The molecule has 0 bridgehead atoms. The molecule has 1 aromatic carbocycles. The number of thioether (sulfide) groups is 1. The molecule has 0 atom stereocenters. The van der Waals surface area contributed by atoms with E-state index in [4.69, 9.17) is 0 Å². The van der Waals surface area contributed by atoms with Crippen LogP contribution in [-0.4, -0.2) is 29.4 Å². The number of hydrogen-bond acceptors (Lipinski definition) is 3. The van der Waals surface area contributed by atoms with Crippen molar-refractivity contribution < 1.29 is 9.90 Å². The molecule has 1 rings (SSSR count). The van der Waals surface area contributed by atoms with Gasteiger partial charge in [-0.05, 0) is 43.7 Å². The summed E-state index contributed by atoms with van der Waals surface area (Å²) in [7, 11) is 0. The fourth-order valence-electron chi connectivity index (χ4n) is 1.81. The van der Waals surface area contributed by atoms with Crippen LogP contribution in [0.5, 0.6) is 0 Å². The Morgan fingerprint density at radius 3 is 2.53 bits per heavy atom. The molecule has 0 aromatic heterocycles. The Morgan fingerprint density at radius 2 is 2.00 bits per heavy atom. The van der Waals surface area contributed by atoms with Crippen molar-refractivity contribution in [3.05, 3.63) is 29.3 Å². The fourth-order valence-corrected chi connectivity index (χ4v) is 2.25. The van der Waals surface area contributed by atoms with Crippen LogP contribution in [0.15, 0.2) is 23.1 Å². The predicted octanol–water partition coefficient (Wildman–Crippen LogP) is 3.00. The molecule has 19 heavy (non-hydrogen) atoms. The maximum absolute atomic E-state index is 12.2. The molecule has 1 aromatic rings. The molecule has 0 spiro atoms. The molecule has 0 aliphatic rings. The summed E-state index contributed by atoms with van der Waals surface area (Å²) in [6.07, 6.45) is 3.25. The zero-order valence-corrected chi connectivity index (χ0v) is 12.9. The third-order valence-electron chi connectivity index (χ3n) is 3.58. The van der Waals surface area contributed by atoms with E-state index in [2.05, 4.69) is 5.32 Å². The van der Waals surface area contributed by atoms with E-state index in [0.29, 0.717) is 24.9 Å². The van der Waals surface area contributed by atoms with Gasteiger partial charge in [0.05, 0.1) is 5.60 Å². The van der Waals surface area contributed by atoms with E-state index in [9.17, 15) is 9.90 Å². The van der Waals surface area contributed by atoms with E-state index in [-0.39, 0.29) is 5.91 Å². The predicted molar refractivity (Wildman–Crippen MR) is 80.8 cm³/mol. The molecular weight excluding hydrogens is 258 g/mol. The number of aliphatic hydroxyl groups is 1. The van der Waals surface area contributed by atoms with Crippen LogP contribution in [0.1, 0.15) is 42.6 Å². The largest absolute Gasteiger partial charge is 0.388 e. The number of rotatable bonds is 6. The number of carbonyl (C=O) groups excluding carboxylic acids is 1. The van der Waals surface area contributed by atoms with Crippen LogP contribution in [0.25, 0.3) is 0 Å². The summed E-state index contributed by atoms with van der Waals surface area (Å²) < 4.78 is 0. The van der Waals surface area contributed by atoms with Gasteiger partial charge in [0.15, 0.2) is 0 Å². The van der Waals surface area contributed by atoms with Crippen LogP contribution in [0.3, 0.4) is 0 Å². The van der Waals surface area contributed by atoms with Gasteiger partial charge < -0.3 is 10.4 Å². The van der Waals surface area contributed by atoms with Gasteiger partial charge in [0.25, 0.3) is 5.91 Å². The lowest BCUT2D eigenvalue weighted by atomic mass is 9.97. The fraction of sp³-hybridized carbons (Fsp3) is 0.533. The first kappa shape index (κ1) is 16.1. The average Bonchev–Trinajstić information content (AvgIpc) is 2.45.